The Balaban J connectivity index is 1.75. The average molecular weight is 481 g/mol. The fourth-order valence-corrected chi connectivity index (χ4v) is 3.10. The Morgan fingerprint density at radius 1 is 1.11 bits per heavy atom. The number of nitrogens with zero attached hydrogens (tertiary/aromatic N) is 2. The first-order valence-corrected chi connectivity index (χ1v) is 10.2. The Morgan fingerprint density at radius 3 is 2.34 bits per heavy atom. The molecule has 0 spiro atoms. The van der Waals surface area contributed by atoms with E-state index in [9.17, 15) is 33.3 Å². The van der Waals surface area contributed by atoms with Gasteiger partial charge in [0.15, 0.2) is 0 Å². The molecule has 1 N–H and O–H groups in total. The molecule has 178 valence electrons. The molecule has 0 aliphatic rings. The lowest BCUT2D eigenvalue weighted by atomic mass is 10.1. The van der Waals surface area contributed by atoms with Crippen LogP contribution in [0.2, 0.25) is 0 Å². The summed E-state index contributed by atoms with van der Waals surface area (Å²) < 4.78 is 44.0. The SMILES string of the molecule is C[C@@H](NC(=O)/C(C#N)=C\c1ccc(Oc2ccc(C(F)(F)F)cc2[N+](=O)[O-])cc1)c1ccccc1. The van der Waals surface area contributed by atoms with Crippen LogP contribution in [0.25, 0.3) is 6.08 Å². The van der Waals surface area contributed by atoms with Crippen LogP contribution in [0.4, 0.5) is 18.9 Å². The van der Waals surface area contributed by atoms with Crippen molar-refractivity contribution in [3.05, 3.63) is 105 Å². The Kier molecular flexibility index (Phi) is 7.51. The van der Waals surface area contributed by atoms with Gasteiger partial charge in [-0.3, -0.25) is 14.9 Å². The van der Waals surface area contributed by atoms with Crippen LogP contribution < -0.4 is 10.1 Å². The topological polar surface area (TPSA) is 105 Å². The molecule has 35 heavy (non-hydrogen) atoms. The standard InChI is InChI=1S/C25H18F3N3O4/c1-16(18-5-3-2-4-6-18)30-24(32)19(15-29)13-17-7-10-21(11-8-17)35-23-12-9-20(25(26,27)28)14-22(23)31(33)34/h2-14,16H,1H3,(H,30,32)/b19-13-/t16-/m1/s1. The van der Waals surface area contributed by atoms with Gasteiger partial charge in [0, 0.05) is 6.07 Å². The molecule has 0 saturated heterocycles. The highest BCUT2D eigenvalue weighted by Crippen LogP contribution is 2.37. The smallest absolute Gasteiger partial charge is 0.416 e. The second kappa shape index (κ2) is 10.5. The summed E-state index contributed by atoms with van der Waals surface area (Å²) in [5, 5.41) is 23.4. The fraction of sp³-hybridized carbons (Fsp3) is 0.120. The molecule has 3 aromatic rings. The summed E-state index contributed by atoms with van der Waals surface area (Å²) in [6.07, 6.45) is -3.38. The Hall–Kier alpha value is -4.65. The maximum absolute atomic E-state index is 12.9. The lowest BCUT2D eigenvalue weighted by Gasteiger charge is -2.13. The molecule has 0 aliphatic heterocycles. The predicted molar refractivity (Wildman–Crippen MR) is 121 cm³/mol. The quantitative estimate of drug-likeness (QED) is 0.187. The Labute approximate surface area is 198 Å². The lowest BCUT2D eigenvalue weighted by molar-refractivity contribution is -0.385. The highest BCUT2D eigenvalue weighted by atomic mass is 19.4. The Morgan fingerprint density at radius 2 is 1.77 bits per heavy atom. The van der Waals surface area contributed by atoms with Crippen LogP contribution in [0.5, 0.6) is 11.5 Å². The van der Waals surface area contributed by atoms with Gasteiger partial charge < -0.3 is 10.1 Å². The Bertz CT molecular complexity index is 1300. The molecule has 0 bridgehead atoms. The minimum atomic E-state index is -4.74. The number of carbonyl (C=O) groups excluding carboxylic acids is 1. The van der Waals surface area contributed by atoms with Crippen LogP contribution in [-0.2, 0) is 11.0 Å². The lowest BCUT2D eigenvalue weighted by Crippen LogP contribution is -2.27. The van der Waals surface area contributed by atoms with Crippen molar-refractivity contribution >= 4 is 17.7 Å². The third kappa shape index (κ3) is 6.45. The second-order valence-electron chi connectivity index (χ2n) is 7.38. The largest absolute Gasteiger partial charge is 0.450 e. The summed E-state index contributed by atoms with van der Waals surface area (Å²) >= 11 is 0. The van der Waals surface area contributed by atoms with Gasteiger partial charge in [0.25, 0.3) is 5.91 Å². The van der Waals surface area contributed by atoms with Gasteiger partial charge in [0.05, 0.1) is 16.5 Å². The maximum Gasteiger partial charge on any atom is 0.416 e. The number of hydrogen-bond acceptors (Lipinski definition) is 5. The normalized spacial score (nSPS) is 12.4. The summed E-state index contributed by atoms with van der Waals surface area (Å²) in [7, 11) is 0. The van der Waals surface area contributed by atoms with E-state index in [0.717, 1.165) is 11.6 Å². The van der Waals surface area contributed by atoms with Gasteiger partial charge in [-0.05, 0) is 48.4 Å². The highest BCUT2D eigenvalue weighted by Gasteiger charge is 2.33. The number of halogens is 3. The number of rotatable bonds is 7. The van der Waals surface area contributed by atoms with Crippen LogP contribution >= 0.6 is 0 Å². The van der Waals surface area contributed by atoms with Gasteiger partial charge in [0.2, 0.25) is 5.75 Å². The van der Waals surface area contributed by atoms with Gasteiger partial charge in [-0.1, -0.05) is 42.5 Å². The van der Waals surface area contributed by atoms with E-state index in [-0.39, 0.29) is 23.1 Å². The summed E-state index contributed by atoms with van der Waals surface area (Å²) in [5.41, 5.74) is -0.796. The number of nitro benzene ring substituents is 1. The first-order chi connectivity index (χ1) is 16.6. The van der Waals surface area contributed by atoms with Crippen LogP contribution in [0.15, 0.2) is 78.4 Å². The summed E-state index contributed by atoms with van der Waals surface area (Å²) in [5.74, 6) is -0.812. The molecule has 7 nitrogen and oxygen atoms in total. The van der Waals surface area contributed by atoms with E-state index >= 15 is 0 Å². The van der Waals surface area contributed by atoms with Crippen molar-refractivity contribution in [1.82, 2.24) is 5.32 Å². The third-order valence-corrected chi connectivity index (χ3v) is 4.91. The number of nitrogens with one attached hydrogen (secondary N) is 1. The van der Waals surface area contributed by atoms with E-state index in [4.69, 9.17) is 4.74 Å². The summed E-state index contributed by atoms with van der Waals surface area (Å²) in [6, 6.07) is 18.5. The van der Waals surface area contributed by atoms with Gasteiger partial charge in [0.1, 0.15) is 17.4 Å². The molecule has 3 aromatic carbocycles. The number of hydrogen-bond donors (Lipinski definition) is 1. The van der Waals surface area contributed by atoms with E-state index in [1.165, 1.54) is 30.3 Å². The van der Waals surface area contributed by atoms with Crippen LogP contribution in [-0.4, -0.2) is 10.8 Å². The molecule has 0 saturated carbocycles. The van der Waals surface area contributed by atoms with Crippen molar-refractivity contribution in [3.63, 3.8) is 0 Å². The van der Waals surface area contributed by atoms with Crippen molar-refractivity contribution in [1.29, 1.82) is 5.26 Å². The van der Waals surface area contributed by atoms with Gasteiger partial charge in [-0.2, -0.15) is 18.4 Å². The highest BCUT2D eigenvalue weighted by molar-refractivity contribution is 6.01. The number of ether oxygens (including phenoxy) is 1. The second-order valence-corrected chi connectivity index (χ2v) is 7.38. The minimum Gasteiger partial charge on any atom is -0.450 e. The molecule has 0 radical (unpaired) electrons. The maximum atomic E-state index is 12.9. The monoisotopic (exact) mass is 481 g/mol. The zero-order valence-corrected chi connectivity index (χ0v) is 18.2. The van der Waals surface area contributed by atoms with Gasteiger partial charge >= 0.3 is 11.9 Å². The van der Waals surface area contributed by atoms with Gasteiger partial charge in [-0.15, -0.1) is 0 Å². The molecule has 1 amide bonds. The van der Waals surface area contributed by atoms with Crippen molar-refractivity contribution in [2.24, 2.45) is 0 Å². The van der Waals surface area contributed by atoms with Crippen molar-refractivity contribution in [2.75, 3.05) is 0 Å². The molecule has 0 unspecified atom stereocenters. The molecule has 3 rings (SSSR count). The zero-order chi connectivity index (χ0) is 25.6. The molecule has 0 heterocycles. The number of nitro groups is 1. The summed E-state index contributed by atoms with van der Waals surface area (Å²) in [6.45, 7) is 1.79. The van der Waals surface area contributed by atoms with Gasteiger partial charge in [-0.25, -0.2) is 0 Å². The van der Waals surface area contributed by atoms with E-state index in [2.05, 4.69) is 5.32 Å². The summed E-state index contributed by atoms with van der Waals surface area (Å²) in [4.78, 5) is 22.7. The van der Waals surface area contributed by atoms with Crippen molar-refractivity contribution in [2.45, 2.75) is 19.1 Å². The number of benzene rings is 3. The molecule has 0 fully saturated rings. The zero-order valence-electron chi connectivity index (χ0n) is 18.2. The molecular formula is C25H18F3N3O4. The van der Waals surface area contributed by atoms with E-state index in [1.54, 1.807) is 6.92 Å². The molecular weight excluding hydrogens is 463 g/mol. The van der Waals surface area contributed by atoms with Crippen LogP contribution in [0, 0.1) is 21.4 Å². The average Bonchev–Trinajstić information content (AvgIpc) is 2.83. The van der Waals surface area contributed by atoms with Crippen LogP contribution in [0.1, 0.15) is 29.7 Å². The number of carbonyl (C=O) groups is 1. The van der Waals surface area contributed by atoms with E-state index in [0.29, 0.717) is 17.7 Å². The number of alkyl halides is 3. The van der Waals surface area contributed by atoms with Crippen molar-refractivity contribution < 1.29 is 27.6 Å². The first kappa shape index (κ1) is 25.0. The van der Waals surface area contributed by atoms with Crippen molar-refractivity contribution in [3.8, 4) is 17.6 Å². The van der Waals surface area contributed by atoms with E-state index < -0.39 is 28.3 Å². The predicted octanol–water partition coefficient (Wildman–Crippen LogP) is 6.19. The van der Waals surface area contributed by atoms with E-state index in [1.807, 2.05) is 36.4 Å². The molecule has 0 aliphatic carbocycles. The fourth-order valence-electron chi connectivity index (χ4n) is 3.10. The third-order valence-electron chi connectivity index (χ3n) is 4.91. The van der Waals surface area contributed by atoms with Crippen LogP contribution in [0.3, 0.4) is 0 Å². The minimum absolute atomic E-state index is 0.116. The first-order valence-electron chi connectivity index (χ1n) is 10.2. The number of nitriles is 1. The number of amides is 1. The molecule has 1 atom stereocenters. The molecule has 0 aromatic heterocycles. The molecule has 10 heteroatoms.